The molecule has 0 aromatic rings. The molecule has 0 heterocycles. The van der Waals surface area contributed by atoms with Crippen LogP contribution in [-0.4, -0.2) is 51.3 Å². The fourth-order valence-electron chi connectivity index (χ4n) is 1.54. The van der Waals surface area contributed by atoms with Crippen molar-refractivity contribution in [3.8, 4) is 0 Å². The highest BCUT2D eigenvalue weighted by Gasteiger charge is 2.07. The molecule has 0 aliphatic rings. The first-order valence-electron chi connectivity index (χ1n) is 6.47. The summed E-state index contributed by atoms with van der Waals surface area (Å²) >= 11 is 0. The van der Waals surface area contributed by atoms with Gasteiger partial charge < -0.3 is 15.0 Å². The topological polar surface area (TPSA) is 24.5 Å². The summed E-state index contributed by atoms with van der Waals surface area (Å²) in [5.41, 5.74) is 0. The summed E-state index contributed by atoms with van der Waals surface area (Å²) in [6.45, 7) is 11.0. The van der Waals surface area contributed by atoms with E-state index in [4.69, 9.17) is 4.74 Å². The lowest BCUT2D eigenvalue weighted by Crippen LogP contribution is -2.39. The summed E-state index contributed by atoms with van der Waals surface area (Å²) in [5.74, 6) is 0.794. The molecular formula is C13H30N2O. The normalized spacial score (nSPS) is 13.7. The van der Waals surface area contributed by atoms with Crippen LogP contribution in [0.2, 0.25) is 0 Å². The molecule has 0 aromatic carbocycles. The van der Waals surface area contributed by atoms with E-state index in [2.05, 4.69) is 38.0 Å². The molecule has 1 N–H and O–H groups in total. The van der Waals surface area contributed by atoms with E-state index in [0.29, 0.717) is 6.04 Å². The van der Waals surface area contributed by atoms with Crippen molar-refractivity contribution < 1.29 is 4.74 Å². The highest BCUT2D eigenvalue weighted by atomic mass is 16.5. The third kappa shape index (κ3) is 9.13. The molecule has 3 nitrogen and oxygen atoms in total. The van der Waals surface area contributed by atoms with Crippen molar-refractivity contribution in [1.82, 2.24) is 10.2 Å². The molecule has 1 atom stereocenters. The number of hydrogen-bond donors (Lipinski definition) is 1. The van der Waals surface area contributed by atoms with E-state index in [1.54, 1.807) is 7.11 Å². The fraction of sp³-hybridized carbons (Fsp3) is 1.00. The third-order valence-electron chi connectivity index (χ3n) is 2.95. The van der Waals surface area contributed by atoms with Crippen molar-refractivity contribution in [3.63, 3.8) is 0 Å². The Bertz CT molecular complexity index is 151. The van der Waals surface area contributed by atoms with Crippen LogP contribution < -0.4 is 5.32 Å². The van der Waals surface area contributed by atoms with E-state index in [1.807, 2.05) is 0 Å². The second-order valence-corrected chi connectivity index (χ2v) is 5.06. The van der Waals surface area contributed by atoms with E-state index >= 15 is 0 Å². The zero-order chi connectivity index (χ0) is 12.4. The molecule has 0 saturated carbocycles. The van der Waals surface area contributed by atoms with E-state index in [1.165, 1.54) is 6.42 Å². The van der Waals surface area contributed by atoms with Crippen LogP contribution in [0.15, 0.2) is 0 Å². The van der Waals surface area contributed by atoms with Gasteiger partial charge in [0.15, 0.2) is 0 Å². The lowest BCUT2D eigenvalue weighted by molar-refractivity contribution is 0.167. The molecule has 0 aliphatic carbocycles. The minimum absolute atomic E-state index is 0.601. The third-order valence-corrected chi connectivity index (χ3v) is 2.95. The standard InChI is InChI=1S/C13H30N2O/c1-12(2)7-8-14-11-13(3)15(4)9-6-10-16-5/h12-14H,6-11H2,1-5H3. The smallest absolute Gasteiger partial charge is 0.0474 e. The first-order valence-corrected chi connectivity index (χ1v) is 6.47. The first kappa shape index (κ1) is 15.9. The van der Waals surface area contributed by atoms with Gasteiger partial charge in [-0.2, -0.15) is 0 Å². The monoisotopic (exact) mass is 230 g/mol. The zero-order valence-electron chi connectivity index (χ0n) is 11.8. The Balaban J connectivity index is 3.43. The van der Waals surface area contributed by atoms with Crippen molar-refractivity contribution in [3.05, 3.63) is 0 Å². The Kier molecular flexibility index (Phi) is 9.99. The minimum Gasteiger partial charge on any atom is -0.385 e. The Morgan fingerprint density at radius 2 is 1.94 bits per heavy atom. The largest absolute Gasteiger partial charge is 0.385 e. The fourth-order valence-corrected chi connectivity index (χ4v) is 1.54. The number of methoxy groups -OCH3 is 1. The quantitative estimate of drug-likeness (QED) is 0.581. The van der Waals surface area contributed by atoms with Gasteiger partial charge in [0.05, 0.1) is 0 Å². The van der Waals surface area contributed by atoms with Crippen LogP contribution in [0.4, 0.5) is 0 Å². The second kappa shape index (κ2) is 10.1. The number of ether oxygens (including phenoxy) is 1. The van der Waals surface area contributed by atoms with Gasteiger partial charge in [-0.3, -0.25) is 0 Å². The van der Waals surface area contributed by atoms with Crippen LogP contribution in [0.3, 0.4) is 0 Å². The van der Waals surface area contributed by atoms with Gasteiger partial charge in [-0.15, -0.1) is 0 Å². The second-order valence-electron chi connectivity index (χ2n) is 5.06. The first-order chi connectivity index (χ1) is 7.57. The van der Waals surface area contributed by atoms with Gasteiger partial charge in [0.2, 0.25) is 0 Å². The van der Waals surface area contributed by atoms with Crippen LogP contribution in [0.1, 0.15) is 33.6 Å². The number of rotatable bonds is 10. The van der Waals surface area contributed by atoms with Gasteiger partial charge in [-0.05, 0) is 39.3 Å². The van der Waals surface area contributed by atoms with Crippen LogP contribution in [0.25, 0.3) is 0 Å². The maximum atomic E-state index is 5.05. The molecule has 0 amide bonds. The van der Waals surface area contributed by atoms with Gasteiger partial charge in [0.1, 0.15) is 0 Å². The summed E-state index contributed by atoms with van der Waals surface area (Å²) in [6.07, 6.45) is 2.38. The van der Waals surface area contributed by atoms with E-state index in [0.717, 1.165) is 38.6 Å². The Morgan fingerprint density at radius 1 is 1.25 bits per heavy atom. The van der Waals surface area contributed by atoms with Crippen molar-refractivity contribution in [2.45, 2.75) is 39.7 Å². The molecule has 0 radical (unpaired) electrons. The van der Waals surface area contributed by atoms with Gasteiger partial charge in [0, 0.05) is 32.8 Å². The maximum absolute atomic E-state index is 5.05. The Hall–Kier alpha value is -0.120. The molecule has 0 spiro atoms. The minimum atomic E-state index is 0.601. The molecule has 0 saturated heterocycles. The molecule has 3 heteroatoms. The van der Waals surface area contributed by atoms with E-state index in [9.17, 15) is 0 Å². The zero-order valence-corrected chi connectivity index (χ0v) is 11.8. The number of nitrogens with one attached hydrogen (secondary N) is 1. The van der Waals surface area contributed by atoms with Gasteiger partial charge in [-0.1, -0.05) is 13.8 Å². The van der Waals surface area contributed by atoms with Crippen molar-refractivity contribution in [2.75, 3.05) is 40.4 Å². The van der Waals surface area contributed by atoms with Crippen molar-refractivity contribution in [1.29, 1.82) is 0 Å². The van der Waals surface area contributed by atoms with Crippen LogP contribution in [0.5, 0.6) is 0 Å². The average Bonchev–Trinajstić information content (AvgIpc) is 2.24. The number of hydrogen-bond acceptors (Lipinski definition) is 3. The Labute approximate surface area is 102 Å². The highest BCUT2D eigenvalue weighted by Crippen LogP contribution is 1.98. The lowest BCUT2D eigenvalue weighted by atomic mass is 10.1. The summed E-state index contributed by atoms with van der Waals surface area (Å²) in [7, 11) is 3.95. The summed E-state index contributed by atoms with van der Waals surface area (Å²) < 4.78 is 5.05. The maximum Gasteiger partial charge on any atom is 0.0474 e. The predicted molar refractivity (Wildman–Crippen MR) is 70.9 cm³/mol. The van der Waals surface area contributed by atoms with Crippen LogP contribution in [0, 0.1) is 5.92 Å². The van der Waals surface area contributed by atoms with Crippen LogP contribution in [-0.2, 0) is 4.74 Å². The van der Waals surface area contributed by atoms with Crippen LogP contribution >= 0.6 is 0 Å². The van der Waals surface area contributed by atoms with Gasteiger partial charge in [0.25, 0.3) is 0 Å². The molecule has 0 fully saturated rings. The summed E-state index contributed by atoms with van der Waals surface area (Å²) in [6, 6.07) is 0.601. The molecule has 1 unspecified atom stereocenters. The number of nitrogens with zero attached hydrogens (tertiary/aromatic N) is 1. The van der Waals surface area contributed by atoms with E-state index < -0.39 is 0 Å². The molecule has 0 bridgehead atoms. The number of likely N-dealkylation sites (N-methyl/N-ethyl adjacent to an activating group) is 1. The van der Waals surface area contributed by atoms with Crippen molar-refractivity contribution in [2.24, 2.45) is 5.92 Å². The Morgan fingerprint density at radius 3 is 2.50 bits per heavy atom. The van der Waals surface area contributed by atoms with Crippen molar-refractivity contribution >= 4 is 0 Å². The molecule has 0 aliphatic heterocycles. The predicted octanol–water partition coefficient (Wildman–Crippen LogP) is 1.98. The summed E-state index contributed by atoms with van der Waals surface area (Å²) in [4.78, 5) is 2.39. The average molecular weight is 230 g/mol. The SMILES string of the molecule is COCCCN(C)C(C)CNCCC(C)C. The van der Waals surface area contributed by atoms with Gasteiger partial charge >= 0.3 is 0 Å². The highest BCUT2D eigenvalue weighted by molar-refractivity contribution is 4.66. The molecular weight excluding hydrogens is 200 g/mol. The molecule has 0 aromatic heterocycles. The van der Waals surface area contributed by atoms with Gasteiger partial charge in [-0.25, -0.2) is 0 Å². The summed E-state index contributed by atoms with van der Waals surface area (Å²) in [5, 5.41) is 3.51. The van der Waals surface area contributed by atoms with E-state index in [-0.39, 0.29) is 0 Å². The molecule has 0 rings (SSSR count). The molecule has 98 valence electrons. The lowest BCUT2D eigenvalue weighted by Gasteiger charge is -2.25. The molecule has 16 heavy (non-hydrogen) atoms.